The third-order valence-corrected chi connectivity index (χ3v) is 3.02. The van der Waals surface area contributed by atoms with Crippen molar-refractivity contribution in [3.05, 3.63) is 28.6 Å². The van der Waals surface area contributed by atoms with Crippen molar-refractivity contribution in [3.63, 3.8) is 0 Å². The van der Waals surface area contributed by atoms with E-state index in [0.29, 0.717) is 0 Å². The molecule has 1 aromatic rings. The van der Waals surface area contributed by atoms with Crippen molar-refractivity contribution in [3.8, 4) is 0 Å². The third-order valence-electron chi connectivity index (χ3n) is 3.02. The maximum Gasteiger partial charge on any atom is 0.0438 e. The summed E-state index contributed by atoms with van der Waals surface area (Å²) in [5.74, 6) is 0. The summed E-state index contributed by atoms with van der Waals surface area (Å²) in [5.41, 5.74) is 11.0. The minimum Gasteiger partial charge on any atom is -0.324 e. The van der Waals surface area contributed by atoms with Gasteiger partial charge in [0, 0.05) is 17.4 Å². The average Bonchev–Trinajstić information content (AvgIpc) is 2.16. The van der Waals surface area contributed by atoms with Crippen molar-refractivity contribution in [2.24, 2.45) is 5.73 Å². The van der Waals surface area contributed by atoms with Crippen LogP contribution >= 0.6 is 0 Å². The van der Waals surface area contributed by atoms with E-state index in [-0.39, 0.29) is 6.04 Å². The van der Waals surface area contributed by atoms with E-state index >= 15 is 0 Å². The Morgan fingerprint density at radius 3 is 2.79 bits per heavy atom. The Morgan fingerprint density at radius 1 is 1.36 bits per heavy atom. The molecule has 76 valence electrons. The van der Waals surface area contributed by atoms with Crippen LogP contribution in [0.15, 0.2) is 6.07 Å². The summed E-state index contributed by atoms with van der Waals surface area (Å²) in [4.78, 5) is 4.65. The topological polar surface area (TPSA) is 38.9 Å². The molecular weight excluding hydrogens is 172 g/mol. The Kier molecular flexibility index (Phi) is 2.55. The molecule has 2 N–H and O–H groups in total. The van der Waals surface area contributed by atoms with Crippen LogP contribution in [0.25, 0.3) is 0 Å². The normalized spacial score (nSPS) is 17.6. The Morgan fingerprint density at radius 2 is 2.07 bits per heavy atom. The minimum absolute atomic E-state index is 0.106. The van der Waals surface area contributed by atoms with Gasteiger partial charge in [-0.25, -0.2) is 0 Å². The molecule has 0 aliphatic heterocycles. The lowest BCUT2D eigenvalue weighted by Gasteiger charge is -2.18. The van der Waals surface area contributed by atoms with Gasteiger partial charge in [-0.2, -0.15) is 0 Å². The van der Waals surface area contributed by atoms with Crippen LogP contribution in [0.3, 0.4) is 0 Å². The van der Waals surface area contributed by atoms with E-state index in [0.717, 1.165) is 12.1 Å². The van der Waals surface area contributed by atoms with Gasteiger partial charge in [0.05, 0.1) is 0 Å². The van der Waals surface area contributed by atoms with Gasteiger partial charge in [0.1, 0.15) is 0 Å². The van der Waals surface area contributed by atoms with Crippen LogP contribution in [-0.2, 0) is 12.8 Å². The molecule has 0 saturated carbocycles. The molecule has 1 unspecified atom stereocenters. The lowest BCUT2D eigenvalue weighted by molar-refractivity contribution is 0.658. The molecule has 0 fully saturated rings. The molecule has 1 atom stereocenters. The highest BCUT2D eigenvalue weighted by Gasteiger charge is 2.14. The fraction of sp³-hybridized carbons (Fsp3) is 0.583. The zero-order chi connectivity index (χ0) is 10.1. The van der Waals surface area contributed by atoms with E-state index in [1.165, 1.54) is 36.1 Å². The fourth-order valence-electron chi connectivity index (χ4n) is 2.22. The van der Waals surface area contributed by atoms with Crippen LogP contribution in [0.1, 0.15) is 48.3 Å². The van der Waals surface area contributed by atoms with Crippen molar-refractivity contribution in [2.75, 3.05) is 0 Å². The Hall–Kier alpha value is -0.890. The van der Waals surface area contributed by atoms with Crippen LogP contribution in [0.2, 0.25) is 0 Å². The number of rotatable bonds is 1. The second kappa shape index (κ2) is 3.70. The summed E-state index contributed by atoms with van der Waals surface area (Å²) >= 11 is 0. The molecule has 1 aliphatic carbocycles. The number of fused-ring (bicyclic) bond motifs is 1. The van der Waals surface area contributed by atoms with Crippen molar-refractivity contribution < 1.29 is 0 Å². The van der Waals surface area contributed by atoms with E-state index in [4.69, 9.17) is 5.73 Å². The van der Waals surface area contributed by atoms with Crippen LogP contribution in [0, 0.1) is 6.92 Å². The van der Waals surface area contributed by atoms with E-state index in [2.05, 4.69) is 18.0 Å². The van der Waals surface area contributed by atoms with Gasteiger partial charge in [0.15, 0.2) is 0 Å². The van der Waals surface area contributed by atoms with Crippen LogP contribution in [-0.4, -0.2) is 4.98 Å². The average molecular weight is 190 g/mol. The summed E-state index contributed by atoms with van der Waals surface area (Å²) < 4.78 is 0. The summed E-state index contributed by atoms with van der Waals surface area (Å²) in [6.07, 6.45) is 4.92. The van der Waals surface area contributed by atoms with Gasteiger partial charge in [0.25, 0.3) is 0 Å². The van der Waals surface area contributed by atoms with Gasteiger partial charge in [-0.3, -0.25) is 4.98 Å². The van der Waals surface area contributed by atoms with Gasteiger partial charge in [-0.1, -0.05) is 6.07 Å². The number of nitrogens with zero attached hydrogens (tertiary/aromatic N) is 1. The van der Waals surface area contributed by atoms with E-state index in [9.17, 15) is 0 Å². The molecular formula is C12H18N2. The quantitative estimate of drug-likeness (QED) is 0.738. The van der Waals surface area contributed by atoms with Crippen molar-refractivity contribution in [1.29, 1.82) is 0 Å². The lowest BCUT2D eigenvalue weighted by atomic mass is 9.93. The first kappa shape index (κ1) is 9.66. The fourth-order valence-corrected chi connectivity index (χ4v) is 2.22. The second-order valence-electron chi connectivity index (χ2n) is 4.26. The van der Waals surface area contributed by atoms with Gasteiger partial charge in [0.2, 0.25) is 0 Å². The molecule has 0 bridgehead atoms. The number of aromatic nitrogens is 1. The molecule has 2 rings (SSSR count). The molecule has 14 heavy (non-hydrogen) atoms. The third kappa shape index (κ3) is 1.67. The molecule has 0 saturated heterocycles. The lowest BCUT2D eigenvalue weighted by Crippen LogP contribution is -2.13. The molecule has 0 amide bonds. The monoisotopic (exact) mass is 190 g/mol. The number of aryl methyl sites for hydroxylation is 3. The molecule has 0 radical (unpaired) electrons. The number of pyridine rings is 1. The van der Waals surface area contributed by atoms with Crippen LogP contribution in [0.5, 0.6) is 0 Å². The summed E-state index contributed by atoms with van der Waals surface area (Å²) in [6.45, 7) is 4.09. The Labute approximate surface area is 85.5 Å². The Bertz CT molecular complexity index is 342. The van der Waals surface area contributed by atoms with Gasteiger partial charge >= 0.3 is 0 Å². The van der Waals surface area contributed by atoms with Crippen molar-refractivity contribution >= 4 is 0 Å². The summed E-state index contributed by atoms with van der Waals surface area (Å²) in [7, 11) is 0. The van der Waals surface area contributed by atoms with Crippen LogP contribution < -0.4 is 5.73 Å². The first-order valence-electron chi connectivity index (χ1n) is 5.43. The number of hydrogen-bond donors (Lipinski definition) is 1. The highest BCUT2D eigenvalue weighted by atomic mass is 14.7. The summed E-state index contributed by atoms with van der Waals surface area (Å²) in [6, 6.07) is 2.37. The first-order valence-corrected chi connectivity index (χ1v) is 5.43. The van der Waals surface area contributed by atoms with Gasteiger partial charge in [-0.15, -0.1) is 0 Å². The van der Waals surface area contributed by atoms with E-state index < -0.39 is 0 Å². The zero-order valence-electron chi connectivity index (χ0n) is 9.01. The standard InChI is InChI=1S/C12H18N2/c1-8(13)11-7-10-5-3-4-6-12(10)14-9(11)2/h7-8H,3-6,13H2,1-2H3. The molecule has 0 spiro atoms. The minimum atomic E-state index is 0.106. The second-order valence-corrected chi connectivity index (χ2v) is 4.26. The largest absolute Gasteiger partial charge is 0.324 e. The molecule has 1 aliphatic rings. The zero-order valence-corrected chi connectivity index (χ0v) is 9.01. The van der Waals surface area contributed by atoms with Crippen LogP contribution in [0.4, 0.5) is 0 Å². The molecule has 0 aromatic carbocycles. The molecule has 1 aromatic heterocycles. The van der Waals surface area contributed by atoms with Crippen molar-refractivity contribution in [1.82, 2.24) is 4.98 Å². The smallest absolute Gasteiger partial charge is 0.0438 e. The summed E-state index contributed by atoms with van der Waals surface area (Å²) in [5, 5.41) is 0. The van der Waals surface area contributed by atoms with Gasteiger partial charge in [-0.05, 0) is 50.7 Å². The number of nitrogens with two attached hydrogens (primary N) is 1. The Balaban J connectivity index is 2.45. The predicted molar refractivity (Wildman–Crippen MR) is 58.2 cm³/mol. The van der Waals surface area contributed by atoms with E-state index in [1.54, 1.807) is 0 Å². The number of hydrogen-bond acceptors (Lipinski definition) is 2. The maximum atomic E-state index is 5.91. The molecule has 1 heterocycles. The van der Waals surface area contributed by atoms with E-state index in [1.807, 2.05) is 6.92 Å². The highest BCUT2D eigenvalue weighted by Crippen LogP contribution is 2.24. The highest BCUT2D eigenvalue weighted by molar-refractivity contribution is 5.33. The SMILES string of the molecule is Cc1nc2c(cc1C(C)N)CCCC2. The van der Waals surface area contributed by atoms with Gasteiger partial charge < -0.3 is 5.73 Å². The van der Waals surface area contributed by atoms with Crippen molar-refractivity contribution in [2.45, 2.75) is 45.6 Å². The maximum absolute atomic E-state index is 5.91. The first-order chi connectivity index (χ1) is 6.68. The predicted octanol–water partition coefficient (Wildman–Crippen LogP) is 2.29. The molecule has 2 nitrogen and oxygen atoms in total. The molecule has 2 heteroatoms.